The van der Waals surface area contributed by atoms with Gasteiger partial charge < -0.3 is 15.0 Å². The van der Waals surface area contributed by atoms with Crippen molar-refractivity contribution in [2.75, 3.05) is 11.9 Å². The summed E-state index contributed by atoms with van der Waals surface area (Å²) in [5.41, 5.74) is 0.808. The molecule has 5 nitrogen and oxygen atoms in total. The number of nitrogens with zero attached hydrogens (tertiary/aromatic N) is 2. The van der Waals surface area contributed by atoms with Crippen LogP contribution >= 0.6 is 0 Å². The number of aliphatic hydroxyl groups excluding tert-OH is 1. The van der Waals surface area contributed by atoms with Crippen LogP contribution in [0.5, 0.6) is 0 Å². The molecule has 2 N–H and O–H groups in total. The Hall–Kier alpha value is -2.14. The van der Waals surface area contributed by atoms with E-state index in [-0.39, 0.29) is 18.2 Å². The van der Waals surface area contributed by atoms with E-state index in [1.165, 1.54) is 0 Å². The lowest BCUT2D eigenvalue weighted by atomic mass is 10.1. The number of benzene rings is 1. The molecule has 0 saturated heterocycles. The molecule has 1 aliphatic carbocycles. The van der Waals surface area contributed by atoms with Gasteiger partial charge in [-0.2, -0.15) is 0 Å². The molecule has 1 unspecified atom stereocenters. The molecule has 1 atom stereocenters. The first kappa shape index (κ1) is 12.9. The zero-order chi connectivity index (χ0) is 13.9. The maximum Gasteiger partial charge on any atom is 0.293 e. The van der Waals surface area contributed by atoms with Gasteiger partial charge in [0.15, 0.2) is 5.82 Å². The fraction of sp³-hybridized carbons (Fsp3) is 0.333. The second-order valence-corrected chi connectivity index (χ2v) is 5.01. The van der Waals surface area contributed by atoms with Gasteiger partial charge >= 0.3 is 0 Å². The van der Waals surface area contributed by atoms with E-state index >= 15 is 0 Å². The Kier molecular flexibility index (Phi) is 3.52. The molecule has 0 aliphatic heterocycles. The van der Waals surface area contributed by atoms with Crippen LogP contribution in [0.4, 0.5) is 5.82 Å². The van der Waals surface area contributed by atoms with E-state index in [2.05, 4.69) is 10.3 Å². The Morgan fingerprint density at radius 1 is 1.35 bits per heavy atom. The molecular formula is C15H17N3O2. The summed E-state index contributed by atoms with van der Waals surface area (Å²) in [5, 5.41) is 12.6. The van der Waals surface area contributed by atoms with Gasteiger partial charge in [-0.15, -0.1) is 0 Å². The number of aliphatic hydroxyl groups is 1. The van der Waals surface area contributed by atoms with Crippen molar-refractivity contribution >= 4 is 5.82 Å². The van der Waals surface area contributed by atoms with Gasteiger partial charge in [0, 0.05) is 18.4 Å². The van der Waals surface area contributed by atoms with Gasteiger partial charge in [-0.25, -0.2) is 4.98 Å². The lowest BCUT2D eigenvalue weighted by Crippen LogP contribution is -2.26. The number of nitrogens with one attached hydrogen (secondary N) is 1. The highest BCUT2D eigenvalue weighted by Gasteiger charge is 2.25. The normalized spacial score (nSPS) is 15.8. The fourth-order valence-corrected chi connectivity index (χ4v) is 2.25. The van der Waals surface area contributed by atoms with Gasteiger partial charge in [0.05, 0.1) is 12.6 Å². The number of hydrogen-bond acceptors (Lipinski definition) is 4. The van der Waals surface area contributed by atoms with E-state index in [4.69, 9.17) is 0 Å². The summed E-state index contributed by atoms with van der Waals surface area (Å²) in [7, 11) is 0. The van der Waals surface area contributed by atoms with Gasteiger partial charge in [0.25, 0.3) is 5.56 Å². The van der Waals surface area contributed by atoms with Crippen molar-refractivity contribution in [1.82, 2.24) is 9.55 Å². The molecule has 1 aromatic carbocycles. The average Bonchev–Trinajstić information content (AvgIpc) is 3.32. The number of rotatable bonds is 5. The number of aromatic nitrogens is 2. The Morgan fingerprint density at radius 2 is 2.10 bits per heavy atom. The Morgan fingerprint density at radius 3 is 2.75 bits per heavy atom. The van der Waals surface area contributed by atoms with Crippen LogP contribution in [-0.2, 0) is 0 Å². The SMILES string of the molecule is O=c1c(NC(CO)c2ccccc2)nccn1C1CC1. The molecule has 0 radical (unpaired) electrons. The molecule has 104 valence electrons. The van der Waals surface area contributed by atoms with Gasteiger partial charge in [-0.3, -0.25) is 4.79 Å². The van der Waals surface area contributed by atoms with E-state index in [0.29, 0.717) is 11.9 Å². The molecule has 1 aromatic heterocycles. The minimum absolute atomic E-state index is 0.0938. The van der Waals surface area contributed by atoms with Crippen LogP contribution in [0.3, 0.4) is 0 Å². The van der Waals surface area contributed by atoms with Gasteiger partial charge in [0.1, 0.15) is 0 Å². The van der Waals surface area contributed by atoms with Crippen molar-refractivity contribution < 1.29 is 5.11 Å². The van der Waals surface area contributed by atoms with Crippen molar-refractivity contribution in [3.8, 4) is 0 Å². The minimum atomic E-state index is -0.327. The average molecular weight is 271 g/mol. The van der Waals surface area contributed by atoms with Crippen LogP contribution in [0.2, 0.25) is 0 Å². The Labute approximate surface area is 116 Å². The summed E-state index contributed by atoms with van der Waals surface area (Å²) in [4.78, 5) is 16.4. The first-order valence-corrected chi connectivity index (χ1v) is 6.79. The maximum absolute atomic E-state index is 12.3. The third-order valence-electron chi connectivity index (χ3n) is 3.50. The van der Waals surface area contributed by atoms with Crippen molar-refractivity contribution in [1.29, 1.82) is 0 Å². The highest BCUT2D eigenvalue weighted by Crippen LogP contribution is 2.33. The highest BCUT2D eigenvalue weighted by atomic mass is 16.3. The summed E-state index contributed by atoms with van der Waals surface area (Å²) < 4.78 is 1.72. The molecule has 2 aromatic rings. The standard InChI is InChI=1S/C15H17N3O2/c19-10-13(11-4-2-1-3-5-11)17-14-15(20)18(9-8-16-14)12-6-7-12/h1-5,8-9,12-13,19H,6-7,10H2,(H,16,17). The van der Waals surface area contributed by atoms with Gasteiger partial charge in [-0.05, 0) is 18.4 Å². The van der Waals surface area contributed by atoms with Crippen LogP contribution < -0.4 is 10.9 Å². The van der Waals surface area contributed by atoms with Crippen molar-refractivity contribution in [2.45, 2.75) is 24.9 Å². The molecule has 1 aliphatic rings. The van der Waals surface area contributed by atoms with Gasteiger partial charge in [0.2, 0.25) is 0 Å². The first-order valence-electron chi connectivity index (χ1n) is 6.79. The lowest BCUT2D eigenvalue weighted by Gasteiger charge is -2.17. The van der Waals surface area contributed by atoms with Gasteiger partial charge in [-0.1, -0.05) is 30.3 Å². The van der Waals surface area contributed by atoms with E-state index in [9.17, 15) is 9.90 Å². The van der Waals surface area contributed by atoms with Crippen LogP contribution in [0, 0.1) is 0 Å². The summed E-state index contributed by atoms with van der Waals surface area (Å²) in [5.74, 6) is 0.294. The van der Waals surface area contributed by atoms with Crippen LogP contribution in [0.25, 0.3) is 0 Å². The second kappa shape index (κ2) is 5.46. The number of anilines is 1. The zero-order valence-corrected chi connectivity index (χ0v) is 11.1. The van der Waals surface area contributed by atoms with Crippen molar-refractivity contribution in [3.05, 3.63) is 58.6 Å². The third kappa shape index (κ3) is 2.58. The maximum atomic E-state index is 12.3. The predicted molar refractivity (Wildman–Crippen MR) is 76.7 cm³/mol. The second-order valence-electron chi connectivity index (χ2n) is 5.01. The van der Waals surface area contributed by atoms with Crippen molar-refractivity contribution in [2.24, 2.45) is 0 Å². The van der Waals surface area contributed by atoms with Crippen LogP contribution in [0.15, 0.2) is 47.5 Å². The lowest BCUT2D eigenvalue weighted by molar-refractivity contribution is 0.276. The summed E-state index contributed by atoms with van der Waals surface area (Å²) in [6, 6.07) is 9.54. The molecule has 0 spiro atoms. The summed E-state index contributed by atoms with van der Waals surface area (Å²) >= 11 is 0. The minimum Gasteiger partial charge on any atom is -0.394 e. The molecule has 20 heavy (non-hydrogen) atoms. The van der Waals surface area contributed by atoms with E-state index in [0.717, 1.165) is 18.4 Å². The molecule has 0 amide bonds. The smallest absolute Gasteiger partial charge is 0.293 e. The van der Waals surface area contributed by atoms with Crippen LogP contribution in [0.1, 0.15) is 30.5 Å². The molecule has 0 bridgehead atoms. The highest BCUT2D eigenvalue weighted by molar-refractivity contribution is 5.36. The fourth-order valence-electron chi connectivity index (χ4n) is 2.25. The van der Waals surface area contributed by atoms with Crippen molar-refractivity contribution in [3.63, 3.8) is 0 Å². The number of hydrogen-bond donors (Lipinski definition) is 2. The predicted octanol–water partition coefficient (Wildman–Crippen LogP) is 1.72. The first-order chi connectivity index (χ1) is 9.79. The monoisotopic (exact) mass is 271 g/mol. The Bertz CT molecular complexity index is 635. The summed E-state index contributed by atoms with van der Waals surface area (Å²) in [6.07, 6.45) is 5.44. The molecule has 3 rings (SSSR count). The van der Waals surface area contributed by atoms with Crippen LogP contribution in [-0.4, -0.2) is 21.3 Å². The Balaban J connectivity index is 1.86. The largest absolute Gasteiger partial charge is 0.394 e. The van der Waals surface area contributed by atoms with E-state index in [1.807, 2.05) is 30.3 Å². The quantitative estimate of drug-likeness (QED) is 0.869. The van der Waals surface area contributed by atoms with E-state index < -0.39 is 0 Å². The molecule has 1 saturated carbocycles. The molecule has 1 fully saturated rings. The zero-order valence-electron chi connectivity index (χ0n) is 11.1. The third-order valence-corrected chi connectivity index (χ3v) is 3.50. The molecular weight excluding hydrogens is 254 g/mol. The topological polar surface area (TPSA) is 67.2 Å². The molecule has 5 heteroatoms. The molecule has 1 heterocycles. The summed E-state index contributed by atoms with van der Waals surface area (Å²) in [6.45, 7) is -0.0938. The van der Waals surface area contributed by atoms with E-state index in [1.54, 1.807) is 17.0 Å².